The molecular weight excluding hydrogens is 511 g/mol. The Balaban J connectivity index is 1.41. The molecule has 12 heteroatoms. The minimum Gasteiger partial charge on any atom is -0.430 e. The molecule has 2 aliphatic carbocycles. The van der Waals surface area contributed by atoms with Crippen LogP contribution in [0.15, 0.2) is 35.2 Å². The van der Waals surface area contributed by atoms with Crippen LogP contribution in [0.1, 0.15) is 36.0 Å². The maximum atomic E-state index is 13.7. The van der Waals surface area contributed by atoms with Crippen LogP contribution in [0.4, 0.5) is 23.7 Å². The van der Waals surface area contributed by atoms with Gasteiger partial charge in [-0.3, -0.25) is 4.79 Å². The van der Waals surface area contributed by atoms with Crippen molar-refractivity contribution in [3.8, 4) is 0 Å². The lowest BCUT2D eigenvalue weighted by Gasteiger charge is -2.39. The van der Waals surface area contributed by atoms with Gasteiger partial charge in [-0.25, -0.2) is 26.4 Å². The maximum Gasteiger partial charge on any atom is 0.509 e. The van der Waals surface area contributed by atoms with Gasteiger partial charge in [0.05, 0.1) is 15.2 Å². The van der Waals surface area contributed by atoms with E-state index in [1.165, 1.54) is 12.1 Å². The van der Waals surface area contributed by atoms with Crippen LogP contribution in [0.5, 0.6) is 0 Å². The molecule has 0 radical (unpaired) electrons. The molecule has 2 saturated carbocycles. The van der Waals surface area contributed by atoms with Crippen LogP contribution in [0, 0.1) is 29.3 Å². The fourth-order valence-electron chi connectivity index (χ4n) is 5.59. The van der Waals surface area contributed by atoms with Crippen LogP contribution >= 0.6 is 11.6 Å². The third-order valence-corrected chi connectivity index (χ3v) is 9.84. The van der Waals surface area contributed by atoms with Crippen molar-refractivity contribution in [2.75, 3.05) is 11.9 Å². The van der Waals surface area contributed by atoms with E-state index in [0.717, 1.165) is 6.07 Å². The monoisotopic (exact) mass is 529 g/mol. The quantitative estimate of drug-likeness (QED) is 0.448. The van der Waals surface area contributed by atoms with Gasteiger partial charge in [-0.1, -0.05) is 11.6 Å². The van der Waals surface area contributed by atoms with Gasteiger partial charge in [-0.15, -0.1) is 0 Å². The molecular formula is C23H19ClF3NO6S. The lowest BCUT2D eigenvalue weighted by atomic mass is 9.77. The van der Waals surface area contributed by atoms with Gasteiger partial charge in [0, 0.05) is 23.4 Å². The predicted octanol–water partition coefficient (Wildman–Crippen LogP) is 4.88. The van der Waals surface area contributed by atoms with E-state index in [4.69, 9.17) is 21.1 Å². The molecule has 3 aliphatic rings. The van der Waals surface area contributed by atoms with Crippen molar-refractivity contribution in [1.82, 2.24) is 0 Å². The number of nitrogens with one attached hydrogen (secondary N) is 1. The first kappa shape index (κ1) is 23.9. The fraction of sp³-hybridized carbons (Fsp3) is 0.391. The number of rotatable bonds is 4. The molecule has 1 amide bonds. The lowest BCUT2D eigenvalue weighted by molar-refractivity contribution is 0.00401. The van der Waals surface area contributed by atoms with Crippen LogP contribution in [0.3, 0.4) is 0 Å². The Labute approximate surface area is 203 Å². The largest absolute Gasteiger partial charge is 0.509 e. The fourth-order valence-corrected chi connectivity index (χ4v) is 8.43. The normalized spacial score (nSPS) is 27.5. The van der Waals surface area contributed by atoms with E-state index in [-0.39, 0.29) is 39.6 Å². The number of amides is 1. The molecule has 2 unspecified atom stereocenters. The number of cyclic esters (lactones) is 1. The van der Waals surface area contributed by atoms with Crippen molar-refractivity contribution < 1.29 is 40.7 Å². The SMILES string of the molecule is O=C1OC[C@]2(CC3CCC(C2)[C@@H]3S(=O)(=O)c2cc(C(=O)Nc3cc(F)c(F)c(F)c3)ccc2Cl)O1. The molecule has 5 rings (SSSR count). The van der Waals surface area contributed by atoms with Gasteiger partial charge in [0.15, 0.2) is 32.9 Å². The summed E-state index contributed by atoms with van der Waals surface area (Å²) in [6, 6.07) is 4.87. The van der Waals surface area contributed by atoms with Crippen molar-refractivity contribution in [2.24, 2.45) is 11.8 Å². The molecule has 1 aliphatic heterocycles. The van der Waals surface area contributed by atoms with E-state index in [1.807, 2.05) is 0 Å². The molecule has 3 fully saturated rings. The Hall–Kier alpha value is -2.79. The number of anilines is 1. The minimum atomic E-state index is -4.00. The minimum absolute atomic E-state index is 0.0734. The van der Waals surface area contributed by atoms with E-state index in [2.05, 4.69) is 5.32 Å². The van der Waals surface area contributed by atoms with Crippen molar-refractivity contribution in [2.45, 2.75) is 41.4 Å². The average molecular weight is 530 g/mol. The summed E-state index contributed by atoms with van der Waals surface area (Å²) in [5.74, 6) is -6.07. The topological polar surface area (TPSA) is 98.8 Å². The average Bonchev–Trinajstić information content (AvgIpc) is 3.29. The van der Waals surface area contributed by atoms with Crippen molar-refractivity contribution in [1.29, 1.82) is 0 Å². The van der Waals surface area contributed by atoms with Crippen molar-refractivity contribution in [3.05, 3.63) is 58.4 Å². The molecule has 2 bridgehead atoms. The first-order valence-corrected chi connectivity index (χ1v) is 12.8. The van der Waals surface area contributed by atoms with Crippen LogP contribution in [0.2, 0.25) is 5.02 Å². The van der Waals surface area contributed by atoms with E-state index < -0.39 is 50.2 Å². The Morgan fingerprint density at radius 1 is 1.06 bits per heavy atom. The highest BCUT2D eigenvalue weighted by atomic mass is 35.5. The molecule has 2 atom stereocenters. The summed E-state index contributed by atoms with van der Waals surface area (Å²) in [5.41, 5.74) is -1.27. The predicted molar refractivity (Wildman–Crippen MR) is 117 cm³/mol. The van der Waals surface area contributed by atoms with Gasteiger partial charge in [0.25, 0.3) is 5.91 Å². The zero-order valence-electron chi connectivity index (χ0n) is 18.0. The summed E-state index contributed by atoms with van der Waals surface area (Å²) in [5, 5.41) is 1.38. The summed E-state index contributed by atoms with van der Waals surface area (Å²) < 4.78 is 77.9. The smallest absolute Gasteiger partial charge is 0.430 e. The Morgan fingerprint density at radius 3 is 2.26 bits per heavy atom. The molecule has 1 N–H and O–H groups in total. The Kier molecular flexibility index (Phi) is 5.75. The second-order valence-corrected chi connectivity index (χ2v) is 11.7. The number of carbonyl (C=O) groups excluding carboxylic acids is 2. The van der Waals surface area contributed by atoms with Crippen LogP contribution in [-0.4, -0.2) is 37.9 Å². The van der Waals surface area contributed by atoms with Gasteiger partial charge < -0.3 is 14.8 Å². The number of benzene rings is 2. The van der Waals surface area contributed by atoms with Gasteiger partial charge in [0.1, 0.15) is 6.61 Å². The highest BCUT2D eigenvalue weighted by Gasteiger charge is 2.58. The second kappa shape index (κ2) is 8.41. The van der Waals surface area contributed by atoms with Gasteiger partial charge in [-0.05, 0) is 55.7 Å². The zero-order chi connectivity index (χ0) is 25.1. The summed E-state index contributed by atoms with van der Waals surface area (Å²) in [6.45, 7) is 0.0899. The van der Waals surface area contributed by atoms with E-state index in [0.29, 0.717) is 37.8 Å². The number of fused-ring (bicyclic) bond motifs is 2. The second-order valence-electron chi connectivity index (χ2n) is 9.19. The number of hydrogen-bond donors (Lipinski definition) is 1. The van der Waals surface area contributed by atoms with Crippen LogP contribution in [0.25, 0.3) is 0 Å². The Morgan fingerprint density at radius 2 is 1.69 bits per heavy atom. The number of carbonyl (C=O) groups is 2. The van der Waals surface area contributed by atoms with Crippen LogP contribution < -0.4 is 5.32 Å². The van der Waals surface area contributed by atoms with Gasteiger partial charge in [0.2, 0.25) is 0 Å². The van der Waals surface area contributed by atoms with Gasteiger partial charge >= 0.3 is 6.16 Å². The molecule has 2 aromatic carbocycles. The van der Waals surface area contributed by atoms with Crippen molar-refractivity contribution >= 4 is 39.2 Å². The summed E-state index contributed by atoms with van der Waals surface area (Å²) in [6.07, 6.45) is 1.20. The third-order valence-electron chi connectivity index (χ3n) is 6.96. The summed E-state index contributed by atoms with van der Waals surface area (Å²) >= 11 is 6.24. The molecule has 1 saturated heterocycles. The maximum absolute atomic E-state index is 13.7. The summed E-state index contributed by atoms with van der Waals surface area (Å²) in [7, 11) is -4.00. The zero-order valence-corrected chi connectivity index (χ0v) is 19.6. The first-order valence-electron chi connectivity index (χ1n) is 10.8. The van der Waals surface area contributed by atoms with Crippen molar-refractivity contribution in [3.63, 3.8) is 0 Å². The molecule has 186 valence electrons. The molecule has 35 heavy (non-hydrogen) atoms. The Bertz CT molecular complexity index is 1310. The lowest BCUT2D eigenvalue weighted by Crippen LogP contribution is -2.47. The van der Waals surface area contributed by atoms with E-state index in [9.17, 15) is 31.2 Å². The molecule has 1 heterocycles. The van der Waals surface area contributed by atoms with E-state index in [1.54, 1.807) is 0 Å². The highest BCUT2D eigenvalue weighted by Crippen LogP contribution is 2.53. The first-order chi connectivity index (χ1) is 16.5. The number of sulfone groups is 1. The summed E-state index contributed by atoms with van der Waals surface area (Å²) in [4.78, 5) is 23.9. The molecule has 0 aromatic heterocycles. The molecule has 7 nitrogen and oxygen atoms in total. The standard InChI is InChI=1S/C23H19ClF3NO6S/c24-15-4-3-11(21(29)28-14-6-16(25)19(27)17(26)7-14)5-18(15)35(31,32)20-12-1-2-13(20)9-23(8-12)10-33-22(30)34-23/h3-7,12-13,20H,1-2,8-10H2,(H,28,29)/t12?,13?,20-,23-. The van der Waals surface area contributed by atoms with Gasteiger partial charge in [-0.2, -0.15) is 0 Å². The number of hydrogen-bond acceptors (Lipinski definition) is 6. The highest BCUT2D eigenvalue weighted by molar-refractivity contribution is 7.92. The number of ether oxygens (including phenoxy) is 2. The third kappa shape index (κ3) is 4.14. The molecule has 1 spiro atoms. The number of halogens is 4. The van der Waals surface area contributed by atoms with E-state index >= 15 is 0 Å². The van der Waals surface area contributed by atoms with Crippen LogP contribution in [-0.2, 0) is 19.3 Å². The molecule has 2 aromatic rings.